The van der Waals surface area contributed by atoms with E-state index in [0.29, 0.717) is 46.8 Å². The summed E-state index contributed by atoms with van der Waals surface area (Å²) in [6.45, 7) is 1.36. The number of amides is 1. The van der Waals surface area contributed by atoms with Crippen LogP contribution in [0.2, 0.25) is 0 Å². The van der Waals surface area contributed by atoms with E-state index in [1.807, 2.05) is 23.6 Å². The lowest BCUT2D eigenvalue weighted by Crippen LogP contribution is -2.31. The Hall–Kier alpha value is -4.64. The Morgan fingerprint density at radius 1 is 1.02 bits per heavy atom. The van der Waals surface area contributed by atoms with Crippen molar-refractivity contribution >= 4 is 34.3 Å². The number of ether oxygens (including phenoxy) is 1. The molecule has 40 heavy (non-hydrogen) atoms. The quantitative estimate of drug-likeness (QED) is 0.231. The number of nitrogens with zero attached hydrogens (tertiary/aromatic N) is 5. The molecule has 0 bridgehead atoms. The van der Waals surface area contributed by atoms with Gasteiger partial charge in [0, 0.05) is 24.7 Å². The van der Waals surface area contributed by atoms with Crippen LogP contribution in [0.5, 0.6) is 0 Å². The average Bonchev–Trinajstić information content (AvgIpc) is 3.40. The molecule has 0 fully saturated rings. The first kappa shape index (κ1) is 26.9. The number of anilines is 1. The highest BCUT2D eigenvalue weighted by molar-refractivity contribution is 6.54. The number of imidazole rings is 1. The van der Waals surface area contributed by atoms with E-state index >= 15 is 0 Å². The summed E-state index contributed by atoms with van der Waals surface area (Å²) in [5, 5.41) is 4.07. The molecule has 0 aliphatic carbocycles. The van der Waals surface area contributed by atoms with E-state index in [0.717, 1.165) is 5.52 Å². The van der Waals surface area contributed by atoms with Crippen LogP contribution in [-0.4, -0.2) is 59.8 Å². The molecule has 1 aliphatic rings. The molecule has 9 nitrogen and oxygen atoms in total. The number of fused-ring (bicyclic) bond motifs is 2. The van der Waals surface area contributed by atoms with E-state index in [9.17, 15) is 18.4 Å². The van der Waals surface area contributed by atoms with Crippen molar-refractivity contribution in [3.8, 4) is 0 Å². The van der Waals surface area contributed by atoms with Crippen LogP contribution in [0.1, 0.15) is 27.3 Å². The molecular weight excluding hydrogens is 520 g/mol. The molecule has 0 radical (unpaired) electrons. The molecule has 2 heterocycles. The van der Waals surface area contributed by atoms with Crippen LogP contribution >= 0.6 is 0 Å². The van der Waals surface area contributed by atoms with Gasteiger partial charge in [-0.05, 0) is 62.1 Å². The lowest BCUT2D eigenvalue weighted by molar-refractivity contribution is -0.112. The summed E-state index contributed by atoms with van der Waals surface area (Å²) in [5.74, 6) is -1.30. The van der Waals surface area contributed by atoms with E-state index in [2.05, 4.69) is 10.1 Å². The largest absolute Gasteiger partial charge is 0.465 e. The second-order valence-corrected chi connectivity index (χ2v) is 9.57. The Balaban J connectivity index is 1.42. The standard InChI is InChI=1S/C29H27F2N5O4/c1-34(2)12-13-35-25-11-9-21(31)15-23(25)32-26(35)16-36-24-10-8-20(30)14-22(24)27(28(36)37)33-40-17-18-4-6-19(7-5-18)29(38)39-3/h4-11,14-15H,12-13,16-17H2,1-3H3/b33-27+. The van der Waals surface area contributed by atoms with Gasteiger partial charge >= 0.3 is 5.97 Å². The van der Waals surface area contributed by atoms with Crippen LogP contribution in [0.15, 0.2) is 65.8 Å². The molecule has 3 aromatic carbocycles. The lowest BCUT2D eigenvalue weighted by atomic mass is 10.1. The number of carbonyl (C=O) groups excluding carboxylic acids is 2. The minimum atomic E-state index is -0.520. The second-order valence-electron chi connectivity index (χ2n) is 9.57. The van der Waals surface area contributed by atoms with Crippen molar-refractivity contribution in [3.05, 3.63) is 94.8 Å². The smallest absolute Gasteiger partial charge is 0.337 e. The van der Waals surface area contributed by atoms with Crippen LogP contribution in [0, 0.1) is 11.6 Å². The van der Waals surface area contributed by atoms with E-state index < -0.39 is 23.5 Å². The molecule has 11 heteroatoms. The molecule has 0 spiro atoms. The van der Waals surface area contributed by atoms with Crippen molar-refractivity contribution in [1.82, 2.24) is 14.5 Å². The fourth-order valence-corrected chi connectivity index (χ4v) is 4.52. The zero-order valence-electron chi connectivity index (χ0n) is 22.2. The Morgan fingerprint density at radius 3 is 2.48 bits per heavy atom. The fraction of sp³-hybridized carbons (Fsp3) is 0.241. The van der Waals surface area contributed by atoms with Gasteiger partial charge in [-0.15, -0.1) is 0 Å². The van der Waals surface area contributed by atoms with Gasteiger partial charge in [0.2, 0.25) is 0 Å². The molecule has 0 unspecified atom stereocenters. The highest BCUT2D eigenvalue weighted by atomic mass is 19.1. The minimum Gasteiger partial charge on any atom is -0.465 e. The van der Waals surface area contributed by atoms with E-state index in [4.69, 9.17) is 9.57 Å². The Kier molecular flexibility index (Phi) is 7.56. The van der Waals surface area contributed by atoms with Gasteiger partial charge in [0.15, 0.2) is 5.71 Å². The topological polar surface area (TPSA) is 89.3 Å². The molecule has 5 rings (SSSR count). The third-order valence-electron chi connectivity index (χ3n) is 6.57. The van der Waals surface area contributed by atoms with Crippen molar-refractivity contribution in [2.24, 2.45) is 5.16 Å². The Labute approximate surface area is 229 Å². The average molecular weight is 548 g/mol. The van der Waals surface area contributed by atoms with Gasteiger partial charge in [0.1, 0.15) is 24.1 Å². The summed E-state index contributed by atoms with van der Waals surface area (Å²) in [7, 11) is 5.20. The zero-order valence-corrected chi connectivity index (χ0v) is 22.2. The summed E-state index contributed by atoms with van der Waals surface area (Å²) < 4.78 is 34.8. The first-order valence-corrected chi connectivity index (χ1v) is 12.5. The summed E-state index contributed by atoms with van der Waals surface area (Å²) in [5.41, 5.74) is 3.06. The number of aromatic nitrogens is 2. The van der Waals surface area contributed by atoms with Crippen LogP contribution in [0.4, 0.5) is 14.5 Å². The van der Waals surface area contributed by atoms with Gasteiger partial charge in [0.05, 0.1) is 35.9 Å². The number of halogens is 2. The molecular formula is C29H27F2N5O4. The first-order chi connectivity index (χ1) is 19.2. The van der Waals surface area contributed by atoms with Crippen molar-refractivity contribution in [2.45, 2.75) is 19.7 Å². The maximum Gasteiger partial charge on any atom is 0.337 e. The molecule has 0 atom stereocenters. The van der Waals surface area contributed by atoms with Gasteiger partial charge in [-0.25, -0.2) is 18.6 Å². The van der Waals surface area contributed by atoms with Gasteiger partial charge in [-0.3, -0.25) is 9.69 Å². The number of carbonyl (C=O) groups is 2. The number of methoxy groups -OCH3 is 1. The number of hydrogen-bond donors (Lipinski definition) is 0. The molecule has 1 aliphatic heterocycles. The molecule has 1 aromatic heterocycles. The van der Waals surface area contributed by atoms with Gasteiger partial charge in [-0.1, -0.05) is 17.3 Å². The fourth-order valence-electron chi connectivity index (χ4n) is 4.52. The summed E-state index contributed by atoms with van der Waals surface area (Å²) in [6, 6.07) is 15.0. The number of oxime groups is 1. The summed E-state index contributed by atoms with van der Waals surface area (Å²) in [6.07, 6.45) is 0. The molecule has 206 valence electrons. The van der Waals surface area contributed by atoms with Gasteiger partial charge in [-0.2, -0.15) is 0 Å². The monoisotopic (exact) mass is 547 g/mol. The van der Waals surface area contributed by atoms with Gasteiger partial charge < -0.3 is 19.0 Å². The predicted octanol–water partition coefficient (Wildman–Crippen LogP) is 4.13. The minimum absolute atomic E-state index is 0.0226. The van der Waals surface area contributed by atoms with Crippen LogP contribution in [0.25, 0.3) is 11.0 Å². The van der Waals surface area contributed by atoms with E-state index in [1.165, 1.54) is 42.3 Å². The predicted molar refractivity (Wildman–Crippen MR) is 145 cm³/mol. The van der Waals surface area contributed by atoms with E-state index in [1.54, 1.807) is 30.3 Å². The van der Waals surface area contributed by atoms with Gasteiger partial charge in [0.25, 0.3) is 5.91 Å². The normalized spacial score (nSPS) is 13.9. The van der Waals surface area contributed by atoms with Crippen molar-refractivity contribution in [2.75, 3.05) is 32.6 Å². The highest BCUT2D eigenvalue weighted by Crippen LogP contribution is 2.32. The molecule has 0 N–H and O–H groups in total. The number of esters is 1. The molecule has 4 aromatic rings. The maximum absolute atomic E-state index is 14.2. The summed E-state index contributed by atoms with van der Waals surface area (Å²) in [4.78, 5) is 38.8. The third kappa shape index (κ3) is 5.41. The Bertz CT molecular complexity index is 1610. The van der Waals surface area contributed by atoms with Crippen molar-refractivity contribution < 1.29 is 27.9 Å². The van der Waals surface area contributed by atoms with Crippen LogP contribution in [0.3, 0.4) is 0 Å². The lowest BCUT2D eigenvalue weighted by Gasteiger charge is -2.19. The highest BCUT2D eigenvalue weighted by Gasteiger charge is 2.36. The van der Waals surface area contributed by atoms with Crippen molar-refractivity contribution in [3.63, 3.8) is 0 Å². The molecule has 0 saturated carbocycles. The van der Waals surface area contributed by atoms with Crippen LogP contribution in [-0.2, 0) is 34.1 Å². The first-order valence-electron chi connectivity index (χ1n) is 12.5. The van der Waals surface area contributed by atoms with E-state index in [-0.39, 0.29) is 18.9 Å². The molecule has 0 saturated heterocycles. The zero-order chi connectivity index (χ0) is 28.4. The number of hydrogen-bond acceptors (Lipinski definition) is 7. The number of likely N-dealkylation sites (N-methyl/N-ethyl adjacent to an activating group) is 1. The molecule has 1 amide bonds. The SMILES string of the molecule is COC(=O)c1ccc(CO/N=C2/C(=O)N(Cc3nc4cc(F)ccc4n3CCN(C)C)c3ccc(F)cc32)cc1. The number of benzene rings is 3. The Morgan fingerprint density at radius 2 is 1.75 bits per heavy atom. The van der Waals surface area contributed by atoms with Crippen molar-refractivity contribution in [1.29, 1.82) is 0 Å². The number of rotatable bonds is 9. The van der Waals surface area contributed by atoms with Crippen LogP contribution < -0.4 is 4.90 Å². The maximum atomic E-state index is 14.2. The second kappa shape index (κ2) is 11.2. The summed E-state index contributed by atoms with van der Waals surface area (Å²) >= 11 is 0. The third-order valence-corrected chi connectivity index (χ3v) is 6.57.